The molecule has 0 atom stereocenters. The minimum absolute atomic E-state index is 0.271. The van der Waals surface area contributed by atoms with Gasteiger partial charge in [0.2, 0.25) is 0 Å². The van der Waals surface area contributed by atoms with Crippen molar-refractivity contribution in [1.29, 1.82) is 0 Å². The van der Waals surface area contributed by atoms with E-state index in [1.165, 1.54) is 18.3 Å². The van der Waals surface area contributed by atoms with E-state index in [4.69, 9.17) is 0 Å². The molecule has 9 heteroatoms. The summed E-state index contributed by atoms with van der Waals surface area (Å²) >= 11 is 0. The summed E-state index contributed by atoms with van der Waals surface area (Å²) in [6.07, 6.45) is -2.88. The Morgan fingerprint density at radius 3 is 2.48 bits per heavy atom. The Morgan fingerprint density at radius 1 is 1.00 bits per heavy atom. The molecule has 1 aliphatic rings. The van der Waals surface area contributed by atoms with Crippen LogP contribution < -0.4 is 10.2 Å². The van der Waals surface area contributed by atoms with Crippen LogP contribution in [0.3, 0.4) is 0 Å². The van der Waals surface area contributed by atoms with Crippen LogP contribution in [0.15, 0.2) is 54.7 Å². The van der Waals surface area contributed by atoms with E-state index in [1.54, 1.807) is 6.07 Å². The minimum Gasteiger partial charge on any atom is -0.369 e. The molecule has 6 nitrogen and oxygen atoms in total. The third-order valence-electron chi connectivity index (χ3n) is 5.31. The van der Waals surface area contributed by atoms with Crippen molar-refractivity contribution in [2.24, 2.45) is 0 Å². The highest BCUT2D eigenvalue weighted by Crippen LogP contribution is 2.31. The van der Waals surface area contributed by atoms with Crippen LogP contribution in [-0.4, -0.2) is 60.0 Å². The van der Waals surface area contributed by atoms with Crippen molar-refractivity contribution in [2.45, 2.75) is 6.18 Å². The molecular formula is C22H22F3N5O. The van der Waals surface area contributed by atoms with Gasteiger partial charge >= 0.3 is 6.18 Å². The van der Waals surface area contributed by atoms with Gasteiger partial charge in [-0.15, -0.1) is 0 Å². The highest BCUT2D eigenvalue weighted by molar-refractivity contribution is 5.93. The van der Waals surface area contributed by atoms with E-state index in [9.17, 15) is 18.0 Å². The topological polar surface area (TPSA) is 61.4 Å². The molecule has 4 rings (SSSR count). The summed E-state index contributed by atoms with van der Waals surface area (Å²) in [5.41, 5.74) is 1.62. The molecule has 0 unspecified atom stereocenters. The Bertz CT molecular complexity index is 1060. The third kappa shape index (κ3) is 5.11. The fourth-order valence-corrected chi connectivity index (χ4v) is 3.59. The van der Waals surface area contributed by atoms with Gasteiger partial charge in [0.15, 0.2) is 0 Å². The number of hydrogen-bond donors (Lipinski definition) is 1. The molecule has 1 fully saturated rings. The second-order valence-electron chi connectivity index (χ2n) is 7.38. The van der Waals surface area contributed by atoms with Crippen LogP contribution in [0.4, 0.5) is 18.9 Å². The highest BCUT2D eigenvalue weighted by atomic mass is 19.4. The molecule has 0 bridgehead atoms. The normalized spacial score (nSPS) is 15.3. The average molecular weight is 429 g/mol. The molecule has 0 spiro atoms. The number of hydrogen-bond acceptors (Lipinski definition) is 5. The number of alkyl halides is 3. The predicted octanol–water partition coefficient (Wildman–Crippen LogP) is 3.20. The lowest BCUT2D eigenvalue weighted by molar-refractivity contribution is -0.137. The Labute approximate surface area is 177 Å². The molecular weight excluding hydrogens is 407 g/mol. The van der Waals surface area contributed by atoms with E-state index in [0.717, 1.165) is 11.6 Å². The number of nitrogens with one attached hydrogen (secondary N) is 1. The number of para-hydroxylation sites is 2. The van der Waals surface area contributed by atoms with Crippen molar-refractivity contribution in [1.82, 2.24) is 20.2 Å². The maximum Gasteiger partial charge on any atom is 0.416 e. The molecule has 31 heavy (non-hydrogen) atoms. The first-order valence-corrected chi connectivity index (χ1v) is 10.0. The van der Waals surface area contributed by atoms with Gasteiger partial charge in [0.25, 0.3) is 5.91 Å². The van der Waals surface area contributed by atoms with E-state index in [-0.39, 0.29) is 11.6 Å². The average Bonchev–Trinajstić information content (AvgIpc) is 2.78. The SMILES string of the molecule is O=C(NCCN1CCN(c2cccc(C(F)(F)F)c2)CC1)c1cnc2ccccc2n1. The highest BCUT2D eigenvalue weighted by Gasteiger charge is 2.31. The van der Waals surface area contributed by atoms with Crippen molar-refractivity contribution in [3.63, 3.8) is 0 Å². The van der Waals surface area contributed by atoms with Gasteiger partial charge in [0.1, 0.15) is 5.69 Å². The quantitative estimate of drug-likeness (QED) is 0.675. The lowest BCUT2D eigenvalue weighted by Crippen LogP contribution is -2.48. The molecule has 1 N–H and O–H groups in total. The van der Waals surface area contributed by atoms with Gasteiger partial charge in [-0.05, 0) is 30.3 Å². The van der Waals surface area contributed by atoms with E-state index in [1.807, 2.05) is 29.2 Å². The van der Waals surface area contributed by atoms with Crippen molar-refractivity contribution in [3.05, 3.63) is 66.0 Å². The summed E-state index contributed by atoms with van der Waals surface area (Å²) in [6.45, 7) is 3.79. The molecule has 1 saturated heterocycles. The van der Waals surface area contributed by atoms with Crippen LogP contribution >= 0.6 is 0 Å². The van der Waals surface area contributed by atoms with Gasteiger partial charge in [-0.3, -0.25) is 14.7 Å². The number of aromatic nitrogens is 2. The van der Waals surface area contributed by atoms with Crippen molar-refractivity contribution < 1.29 is 18.0 Å². The summed E-state index contributed by atoms with van der Waals surface area (Å²) in [5, 5.41) is 2.86. The van der Waals surface area contributed by atoms with Gasteiger partial charge in [-0.1, -0.05) is 18.2 Å². The van der Waals surface area contributed by atoms with Crippen molar-refractivity contribution in [2.75, 3.05) is 44.2 Å². The van der Waals surface area contributed by atoms with Crippen molar-refractivity contribution >= 4 is 22.6 Å². The van der Waals surface area contributed by atoms with E-state index < -0.39 is 11.7 Å². The Balaban J connectivity index is 1.25. The lowest BCUT2D eigenvalue weighted by Gasteiger charge is -2.36. The van der Waals surface area contributed by atoms with Crippen LogP contribution in [0.1, 0.15) is 16.1 Å². The van der Waals surface area contributed by atoms with Gasteiger partial charge in [-0.25, -0.2) is 4.98 Å². The maximum atomic E-state index is 12.9. The second kappa shape index (κ2) is 8.89. The number of benzene rings is 2. The van der Waals surface area contributed by atoms with E-state index in [0.29, 0.717) is 50.5 Å². The summed E-state index contributed by atoms with van der Waals surface area (Å²) in [6, 6.07) is 12.8. The Kier molecular flexibility index (Phi) is 6.03. The summed E-state index contributed by atoms with van der Waals surface area (Å²) in [4.78, 5) is 25.1. The number of anilines is 1. The number of carbonyl (C=O) groups excluding carboxylic acids is 1. The fraction of sp³-hybridized carbons (Fsp3) is 0.318. The summed E-state index contributed by atoms with van der Waals surface area (Å²) < 4.78 is 38.8. The molecule has 1 aromatic heterocycles. The Morgan fingerprint density at radius 2 is 1.74 bits per heavy atom. The van der Waals surface area contributed by atoms with Gasteiger partial charge in [0, 0.05) is 45.0 Å². The predicted molar refractivity (Wildman–Crippen MR) is 112 cm³/mol. The van der Waals surface area contributed by atoms with E-state index >= 15 is 0 Å². The number of nitrogens with zero attached hydrogens (tertiary/aromatic N) is 4. The molecule has 1 aliphatic heterocycles. The van der Waals surface area contributed by atoms with Crippen molar-refractivity contribution in [3.8, 4) is 0 Å². The Hall–Kier alpha value is -3.20. The second-order valence-corrected chi connectivity index (χ2v) is 7.38. The fourth-order valence-electron chi connectivity index (χ4n) is 3.59. The molecule has 2 aromatic carbocycles. The number of piperazine rings is 1. The van der Waals surface area contributed by atoms with E-state index in [2.05, 4.69) is 20.2 Å². The van der Waals surface area contributed by atoms with Crippen LogP contribution in [0.5, 0.6) is 0 Å². The monoisotopic (exact) mass is 429 g/mol. The first kappa shape index (κ1) is 21.0. The molecule has 0 aliphatic carbocycles. The number of rotatable bonds is 5. The zero-order valence-corrected chi connectivity index (χ0v) is 16.8. The largest absolute Gasteiger partial charge is 0.416 e. The number of fused-ring (bicyclic) bond motifs is 1. The molecule has 162 valence electrons. The van der Waals surface area contributed by atoms with Crippen LogP contribution in [-0.2, 0) is 6.18 Å². The zero-order chi connectivity index (χ0) is 21.8. The van der Waals surface area contributed by atoms with Crippen LogP contribution in [0.25, 0.3) is 11.0 Å². The molecule has 0 radical (unpaired) electrons. The zero-order valence-electron chi connectivity index (χ0n) is 16.8. The number of halogens is 3. The molecule has 0 saturated carbocycles. The van der Waals surface area contributed by atoms with Gasteiger partial charge in [-0.2, -0.15) is 13.2 Å². The van der Waals surface area contributed by atoms with Crippen LogP contribution in [0, 0.1) is 0 Å². The van der Waals surface area contributed by atoms with Crippen LogP contribution in [0.2, 0.25) is 0 Å². The standard InChI is InChI=1S/C22H22F3N5O/c23-22(24,25)16-4-3-5-17(14-16)30-12-10-29(11-13-30)9-8-26-21(31)20-15-27-18-6-1-2-7-19(18)28-20/h1-7,14-15H,8-13H2,(H,26,31). The summed E-state index contributed by atoms with van der Waals surface area (Å²) in [5.74, 6) is -0.277. The van der Waals surface area contributed by atoms with Gasteiger partial charge < -0.3 is 10.2 Å². The first-order chi connectivity index (χ1) is 14.9. The lowest BCUT2D eigenvalue weighted by atomic mass is 10.1. The minimum atomic E-state index is -4.34. The summed E-state index contributed by atoms with van der Waals surface area (Å²) in [7, 11) is 0. The number of carbonyl (C=O) groups is 1. The molecule has 3 aromatic rings. The first-order valence-electron chi connectivity index (χ1n) is 10.0. The van der Waals surface area contributed by atoms with Gasteiger partial charge in [0.05, 0.1) is 22.8 Å². The smallest absolute Gasteiger partial charge is 0.369 e. The molecule has 1 amide bonds. The third-order valence-corrected chi connectivity index (χ3v) is 5.31. The molecule has 2 heterocycles. The maximum absolute atomic E-state index is 12.9. The number of amides is 1.